The molecule has 0 spiro atoms. The van der Waals surface area contributed by atoms with Crippen molar-refractivity contribution in [1.82, 2.24) is 10.3 Å². The van der Waals surface area contributed by atoms with Crippen LogP contribution in [-0.2, 0) is 0 Å². The quantitative estimate of drug-likeness (QED) is 0.868. The molecular formula is C15H20N2. The molecule has 2 nitrogen and oxygen atoms in total. The Labute approximate surface area is 103 Å². The van der Waals surface area contributed by atoms with Gasteiger partial charge < -0.3 is 5.32 Å². The summed E-state index contributed by atoms with van der Waals surface area (Å²) in [5, 5.41) is 5.90. The molecule has 0 bridgehead atoms. The summed E-state index contributed by atoms with van der Waals surface area (Å²) in [6.45, 7) is 4.44. The average molecular weight is 228 g/mol. The summed E-state index contributed by atoms with van der Waals surface area (Å²) in [5.41, 5.74) is 1.22. The predicted octanol–water partition coefficient (Wildman–Crippen LogP) is 3.34. The van der Waals surface area contributed by atoms with Crippen LogP contribution in [0.1, 0.15) is 31.9 Å². The Kier molecular flexibility index (Phi) is 3.75. The predicted molar refractivity (Wildman–Crippen MR) is 73.3 cm³/mol. The van der Waals surface area contributed by atoms with Gasteiger partial charge in [0.25, 0.3) is 0 Å². The van der Waals surface area contributed by atoms with E-state index in [0.717, 1.165) is 6.42 Å². The monoisotopic (exact) mass is 228 g/mol. The molecule has 0 saturated carbocycles. The summed E-state index contributed by atoms with van der Waals surface area (Å²) < 4.78 is 0. The zero-order chi connectivity index (χ0) is 12.3. The lowest BCUT2D eigenvalue weighted by Crippen LogP contribution is -2.29. The van der Waals surface area contributed by atoms with E-state index in [1.54, 1.807) is 0 Å². The molecule has 90 valence electrons. The minimum atomic E-state index is 0.443. The second-order valence-corrected chi connectivity index (χ2v) is 4.51. The molecule has 0 radical (unpaired) electrons. The Morgan fingerprint density at radius 3 is 2.71 bits per heavy atom. The van der Waals surface area contributed by atoms with Gasteiger partial charge in [-0.25, -0.2) is 0 Å². The third-order valence-corrected chi connectivity index (χ3v) is 3.55. The first kappa shape index (κ1) is 12.1. The maximum absolute atomic E-state index is 4.61. The topological polar surface area (TPSA) is 24.9 Å². The molecule has 1 aromatic heterocycles. The number of pyridine rings is 1. The van der Waals surface area contributed by atoms with Crippen molar-refractivity contribution in [1.29, 1.82) is 0 Å². The highest BCUT2D eigenvalue weighted by Crippen LogP contribution is 2.28. The fraction of sp³-hybridized carbons (Fsp3) is 0.400. The summed E-state index contributed by atoms with van der Waals surface area (Å²) in [7, 11) is 2.01. The highest BCUT2D eigenvalue weighted by molar-refractivity contribution is 5.84. The fourth-order valence-corrected chi connectivity index (χ4v) is 2.42. The largest absolute Gasteiger partial charge is 0.317 e. The first-order valence-electron chi connectivity index (χ1n) is 6.28. The second-order valence-electron chi connectivity index (χ2n) is 4.51. The van der Waals surface area contributed by atoms with Crippen LogP contribution in [0.3, 0.4) is 0 Å². The van der Waals surface area contributed by atoms with Gasteiger partial charge in [0, 0.05) is 23.5 Å². The van der Waals surface area contributed by atoms with Gasteiger partial charge in [-0.3, -0.25) is 4.98 Å². The van der Waals surface area contributed by atoms with Crippen molar-refractivity contribution >= 4 is 10.8 Å². The zero-order valence-corrected chi connectivity index (χ0v) is 10.8. The van der Waals surface area contributed by atoms with Crippen LogP contribution in [-0.4, -0.2) is 18.1 Å². The van der Waals surface area contributed by atoms with Crippen LogP contribution in [0.25, 0.3) is 10.8 Å². The van der Waals surface area contributed by atoms with Gasteiger partial charge in [0.05, 0.1) is 5.69 Å². The van der Waals surface area contributed by atoms with Crippen LogP contribution < -0.4 is 5.32 Å². The number of rotatable bonds is 4. The van der Waals surface area contributed by atoms with Crippen molar-refractivity contribution in [2.45, 2.75) is 32.2 Å². The summed E-state index contributed by atoms with van der Waals surface area (Å²) in [5.74, 6) is 0.464. The maximum Gasteiger partial charge on any atom is 0.0528 e. The lowest BCUT2D eigenvalue weighted by atomic mass is 9.91. The van der Waals surface area contributed by atoms with E-state index < -0.39 is 0 Å². The minimum absolute atomic E-state index is 0.443. The number of fused-ring (bicyclic) bond motifs is 1. The van der Waals surface area contributed by atoms with Crippen LogP contribution in [0.4, 0.5) is 0 Å². The number of likely N-dealkylation sites (N-methyl/N-ethyl adjacent to an activating group) is 1. The molecule has 0 aliphatic rings. The second kappa shape index (κ2) is 5.28. The molecule has 2 atom stereocenters. The molecule has 2 rings (SSSR count). The van der Waals surface area contributed by atoms with Crippen molar-refractivity contribution < 1.29 is 0 Å². The van der Waals surface area contributed by atoms with E-state index in [0.29, 0.717) is 12.0 Å². The SMILES string of the molecule is CCC(c1nccc2ccccc12)C(C)NC. The molecule has 2 unspecified atom stereocenters. The number of aromatic nitrogens is 1. The number of hydrogen-bond acceptors (Lipinski definition) is 2. The summed E-state index contributed by atoms with van der Waals surface area (Å²) in [6, 6.07) is 11.0. The van der Waals surface area contributed by atoms with Crippen LogP contribution >= 0.6 is 0 Å². The van der Waals surface area contributed by atoms with Gasteiger partial charge in [-0.05, 0) is 31.8 Å². The molecule has 0 fully saturated rings. The van der Waals surface area contributed by atoms with Gasteiger partial charge in [-0.15, -0.1) is 0 Å². The number of nitrogens with one attached hydrogen (secondary N) is 1. The van der Waals surface area contributed by atoms with Crippen molar-refractivity contribution in [2.24, 2.45) is 0 Å². The molecule has 2 aromatic rings. The van der Waals surface area contributed by atoms with Crippen molar-refractivity contribution in [3.05, 3.63) is 42.2 Å². The molecule has 2 heteroatoms. The van der Waals surface area contributed by atoms with E-state index >= 15 is 0 Å². The van der Waals surface area contributed by atoms with E-state index in [-0.39, 0.29) is 0 Å². The minimum Gasteiger partial charge on any atom is -0.317 e. The van der Waals surface area contributed by atoms with Gasteiger partial charge in [0.2, 0.25) is 0 Å². The zero-order valence-electron chi connectivity index (χ0n) is 10.8. The van der Waals surface area contributed by atoms with Crippen molar-refractivity contribution in [3.8, 4) is 0 Å². The van der Waals surface area contributed by atoms with Crippen LogP contribution in [0.5, 0.6) is 0 Å². The van der Waals surface area contributed by atoms with Crippen LogP contribution in [0, 0.1) is 0 Å². The summed E-state index contributed by atoms with van der Waals surface area (Å²) in [6.07, 6.45) is 3.02. The number of benzene rings is 1. The first-order chi connectivity index (χ1) is 8.27. The van der Waals surface area contributed by atoms with Gasteiger partial charge >= 0.3 is 0 Å². The lowest BCUT2D eigenvalue weighted by molar-refractivity contribution is 0.477. The smallest absolute Gasteiger partial charge is 0.0528 e. The van der Waals surface area contributed by atoms with Crippen LogP contribution in [0.2, 0.25) is 0 Å². The van der Waals surface area contributed by atoms with Gasteiger partial charge in [0.15, 0.2) is 0 Å². The third kappa shape index (κ3) is 2.32. The van der Waals surface area contributed by atoms with Crippen molar-refractivity contribution in [3.63, 3.8) is 0 Å². The Hall–Kier alpha value is -1.41. The van der Waals surface area contributed by atoms with E-state index in [2.05, 4.69) is 54.5 Å². The van der Waals surface area contributed by atoms with E-state index in [1.807, 2.05) is 13.2 Å². The molecule has 1 N–H and O–H groups in total. The van der Waals surface area contributed by atoms with E-state index in [4.69, 9.17) is 0 Å². The molecule has 1 heterocycles. The third-order valence-electron chi connectivity index (χ3n) is 3.55. The molecule has 0 aliphatic carbocycles. The molecule has 0 amide bonds. The molecule has 1 aromatic carbocycles. The summed E-state index contributed by atoms with van der Waals surface area (Å²) >= 11 is 0. The van der Waals surface area contributed by atoms with Crippen LogP contribution in [0.15, 0.2) is 36.5 Å². The number of nitrogens with zero attached hydrogens (tertiary/aromatic N) is 1. The Morgan fingerprint density at radius 1 is 1.24 bits per heavy atom. The van der Waals surface area contributed by atoms with E-state index in [1.165, 1.54) is 16.5 Å². The van der Waals surface area contributed by atoms with Gasteiger partial charge in [-0.1, -0.05) is 31.2 Å². The molecule has 0 aliphatic heterocycles. The first-order valence-corrected chi connectivity index (χ1v) is 6.28. The van der Waals surface area contributed by atoms with E-state index in [9.17, 15) is 0 Å². The highest BCUT2D eigenvalue weighted by Gasteiger charge is 2.19. The summed E-state index contributed by atoms with van der Waals surface area (Å²) in [4.78, 5) is 4.61. The Bertz CT molecular complexity index is 488. The molecule has 0 saturated heterocycles. The Balaban J connectivity index is 2.53. The lowest BCUT2D eigenvalue weighted by Gasteiger charge is -2.23. The molecule has 17 heavy (non-hydrogen) atoms. The Morgan fingerprint density at radius 2 is 2.00 bits per heavy atom. The van der Waals surface area contributed by atoms with Gasteiger partial charge in [0.1, 0.15) is 0 Å². The number of hydrogen-bond donors (Lipinski definition) is 1. The maximum atomic E-state index is 4.61. The highest BCUT2D eigenvalue weighted by atomic mass is 14.9. The van der Waals surface area contributed by atoms with Gasteiger partial charge in [-0.2, -0.15) is 0 Å². The fourth-order valence-electron chi connectivity index (χ4n) is 2.42. The molecular weight excluding hydrogens is 208 g/mol. The average Bonchev–Trinajstić information content (AvgIpc) is 2.39. The normalized spacial score (nSPS) is 14.8. The van der Waals surface area contributed by atoms with Crippen molar-refractivity contribution in [2.75, 3.05) is 7.05 Å². The standard InChI is InChI=1S/C15H20N2/c1-4-13(11(2)16-3)15-14-8-6-5-7-12(14)9-10-17-15/h5-11,13,16H,4H2,1-3H3.